The van der Waals surface area contributed by atoms with Gasteiger partial charge in [0.2, 0.25) is 5.91 Å². The highest BCUT2D eigenvalue weighted by atomic mass is 16.5. The summed E-state index contributed by atoms with van der Waals surface area (Å²) < 4.78 is 5.90. The van der Waals surface area contributed by atoms with E-state index in [0.29, 0.717) is 12.0 Å². The van der Waals surface area contributed by atoms with Gasteiger partial charge >= 0.3 is 0 Å². The first-order valence-electron chi connectivity index (χ1n) is 8.49. The predicted molar refractivity (Wildman–Crippen MR) is 94.6 cm³/mol. The van der Waals surface area contributed by atoms with Crippen molar-refractivity contribution in [2.45, 2.75) is 65.6 Å². The fourth-order valence-corrected chi connectivity index (χ4v) is 2.42. The van der Waals surface area contributed by atoms with Gasteiger partial charge in [0, 0.05) is 32.8 Å². The molecule has 0 bridgehead atoms. The molecule has 1 heterocycles. The number of hydrogen-bond acceptors (Lipinski definition) is 3. The first-order valence-corrected chi connectivity index (χ1v) is 8.49. The molecule has 1 rings (SSSR count). The lowest BCUT2D eigenvalue weighted by Crippen LogP contribution is -2.51. The van der Waals surface area contributed by atoms with Crippen LogP contribution in [0.1, 0.15) is 47.5 Å². The second-order valence-corrected chi connectivity index (χ2v) is 7.84. The summed E-state index contributed by atoms with van der Waals surface area (Å²) in [6.07, 6.45) is 2.13. The lowest BCUT2D eigenvalue weighted by atomic mass is 9.83. The Morgan fingerprint density at radius 2 is 2.00 bits per heavy atom. The summed E-state index contributed by atoms with van der Waals surface area (Å²) >= 11 is 0. The Bertz CT molecular complexity index is 413. The maximum absolute atomic E-state index is 11.8. The molecule has 1 aliphatic rings. The summed E-state index contributed by atoms with van der Waals surface area (Å²) in [5.74, 6) is 0.698. The van der Waals surface area contributed by atoms with E-state index in [1.54, 1.807) is 19.0 Å². The number of amides is 1. The van der Waals surface area contributed by atoms with Crippen LogP contribution in [0.3, 0.4) is 0 Å². The van der Waals surface area contributed by atoms with Gasteiger partial charge in [0.05, 0.1) is 6.10 Å². The Hall–Kier alpha value is -1.30. The van der Waals surface area contributed by atoms with Gasteiger partial charge in [-0.05, 0) is 32.1 Å². The first-order chi connectivity index (χ1) is 10.6. The lowest BCUT2D eigenvalue weighted by Gasteiger charge is -2.38. The summed E-state index contributed by atoms with van der Waals surface area (Å²) in [5, 5.41) is 6.77. The quantitative estimate of drug-likeness (QED) is 0.608. The number of nitrogens with one attached hydrogen (secondary N) is 2. The monoisotopic (exact) mass is 326 g/mol. The van der Waals surface area contributed by atoms with Crippen molar-refractivity contribution in [3.63, 3.8) is 0 Å². The zero-order chi connectivity index (χ0) is 17.6. The maximum Gasteiger partial charge on any atom is 0.243 e. The van der Waals surface area contributed by atoms with E-state index >= 15 is 0 Å². The van der Waals surface area contributed by atoms with E-state index in [-0.39, 0.29) is 30.0 Å². The molecule has 2 unspecified atom stereocenters. The molecular weight excluding hydrogens is 292 g/mol. The van der Waals surface area contributed by atoms with Gasteiger partial charge in [-0.25, -0.2) is 4.99 Å². The highest BCUT2D eigenvalue weighted by Gasteiger charge is 2.32. The maximum atomic E-state index is 11.8. The average molecular weight is 326 g/mol. The largest absolute Gasteiger partial charge is 0.378 e. The molecule has 1 amide bonds. The Morgan fingerprint density at radius 1 is 1.35 bits per heavy atom. The van der Waals surface area contributed by atoms with Gasteiger partial charge in [0.15, 0.2) is 5.96 Å². The number of guanidine groups is 1. The van der Waals surface area contributed by atoms with Crippen LogP contribution in [0.25, 0.3) is 0 Å². The number of likely N-dealkylation sites (N-methyl/N-ethyl adjacent to an activating group) is 1. The Balaban J connectivity index is 2.69. The fourth-order valence-electron chi connectivity index (χ4n) is 2.42. The third kappa shape index (κ3) is 7.20. The molecule has 1 saturated heterocycles. The highest BCUT2D eigenvalue weighted by Crippen LogP contribution is 2.29. The van der Waals surface area contributed by atoms with Gasteiger partial charge in [0.1, 0.15) is 6.54 Å². The molecule has 6 nitrogen and oxygen atoms in total. The molecule has 0 saturated carbocycles. The molecule has 6 heteroatoms. The molecular formula is C17H34N4O2. The topological polar surface area (TPSA) is 66.0 Å². The predicted octanol–water partition coefficient (Wildman–Crippen LogP) is 1.61. The van der Waals surface area contributed by atoms with E-state index in [4.69, 9.17) is 4.74 Å². The summed E-state index contributed by atoms with van der Waals surface area (Å²) in [7, 11) is 3.49. The van der Waals surface area contributed by atoms with Crippen LogP contribution in [0.15, 0.2) is 4.99 Å². The van der Waals surface area contributed by atoms with Gasteiger partial charge in [-0.3, -0.25) is 4.79 Å². The molecule has 2 atom stereocenters. The van der Waals surface area contributed by atoms with Crippen molar-refractivity contribution in [2.75, 3.05) is 27.2 Å². The lowest BCUT2D eigenvalue weighted by molar-refractivity contribution is -0.127. The zero-order valence-corrected chi connectivity index (χ0v) is 15.8. The summed E-state index contributed by atoms with van der Waals surface area (Å²) in [5.41, 5.74) is 0.129. The minimum absolute atomic E-state index is 0.00518. The second-order valence-electron chi connectivity index (χ2n) is 7.84. The van der Waals surface area contributed by atoms with Crippen LogP contribution in [0.2, 0.25) is 0 Å². The van der Waals surface area contributed by atoms with Gasteiger partial charge in [-0.1, -0.05) is 20.8 Å². The van der Waals surface area contributed by atoms with Crippen LogP contribution in [-0.2, 0) is 9.53 Å². The van der Waals surface area contributed by atoms with Crippen molar-refractivity contribution >= 4 is 11.9 Å². The first kappa shape index (κ1) is 19.7. The van der Waals surface area contributed by atoms with Crippen molar-refractivity contribution < 1.29 is 9.53 Å². The minimum Gasteiger partial charge on any atom is -0.378 e. The van der Waals surface area contributed by atoms with E-state index in [2.05, 4.69) is 50.2 Å². The number of hydrogen-bond donors (Lipinski definition) is 2. The molecule has 0 aliphatic carbocycles. The number of ether oxygens (including phenoxy) is 1. The summed E-state index contributed by atoms with van der Waals surface area (Å²) in [6.45, 7) is 11.7. The SMILES string of the molecule is CC(C)NC(=NCC(=O)N(C)C)NC1CCOC(C(C)(C)C)C1. The standard InChI is InChI=1S/C17H34N4O2/c1-12(2)19-16(18-11-15(22)21(6)7)20-13-8-9-23-14(10-13)17(3,4)5/h12-14H,8-11H2,1-7H3,(H2,18,19,20). The van der Waals surface area contributed by atoms with Gasteiger partial charge < -0.3 is 20.3 Å². The molecule has 134 valence electrons. The zero-order valence-electron chi connectivity index (χ0n) is 15.8. The second kappa shape index (κ2) is 8.52. The number of carbonyl (C=O) groups excluding carboxylic acids is 1. The molecule has 2 N–H and O–H groups in total. The van der Waals surface area contributed by atoms with E-state index in [1.165, 1.54) is 0 Å². The van der Waals surface area contributed by atoms with E-state index in [9.17, 15) is 4.79 Å². The Labute approximate surface area is 141 Å². The van der Waals surface area contributed by atoms with Crippen molar-refractivity contribution in [3.8, 4) is 0 Å². The molecule has 23 heavy (non-hydrogen) atoms. The van der Waals surface area contributed by atoms with E-state index in [0.717, 1.165) is 19.4 Å². The normalized spacial score (nSPS) is 22.9. The van der Waals surface area contributed by atoms with Crippen LogP contribution < -0.4 is 10.6 Å². The molecule has 0 aromatic heterocycles. The van der Waals surface area contributed by atoms with Crippen molar-refractivity contribution in [1.82, 2.24) is 15.5 Å². The third-order valence-electron chi connectivity index (χ3n) is 3.89. The smallest absolute Gasteiger partial charge is 0.243 e. The van der Waals surface area contributed by atoms with Crippen LogP contribution in [-0.4, -0.2) is 62.2 Å². The molecule has 0 aromatic rings. The van der Waals surface area contributed by atoms with Gasteiger partial charge in [-0.15, -0.1) is 0 Å². The van der Waals surface area contributed by atoms with E-state index in [1.807, 2.05) is 0 Å². The molecule has 0 aromatic carbocycles. The van der Waals surface area contributed by atoms with Crippen molar-refractivity contribution in [1.29, 1.82) is 0 Å². The third-order valence-corrected chi connectivity index (χ3v) is 3.89. The summed E-state index contributed by atoms with van der Waals surface area (Å²) in [4.78, 5) is 17.7. The van der Waals surface area contributed by atoms with Gasteiger partial charge in [-0.2, -0.15) is 0 Å². The Kier molecular flexibility index (Phi) is 7.32. The van der Waals surface area contributed by atoms with Gasteiger partial charge in [0.25, 0.3) is 0 Å². The Morgan fingerprint density at radius 3 is 2.52 bits per heavy atom. The number of aliphatic imine (C=N–C) groups is 1. The molecule has 1 fully saturated rings. The summed E-state index contributed by atoms with van der Waals surface area (Å²) in [6, 6.07) is 0.571. The number of nitrogens with zero attached hydrogens (tertiary/aromatic N) is 2. The fraction of sp³-hybridized carbons (Fsp3) is 0.882. The molecule has 0 spiro atoms. The van der Waals surface area contributed by atoms with Crippen molar-refractivity contribution in [2.24, 2.45) is 10.4 Å². The van der Waals surface area contributed by atoms with E-state index < -0.39 is 0 Å². The van der Waals surface area contributed by atoms with Crippen LogP contribution in [0, 0.1) is 5.41 Å². The highest BCUT2D eigenvalue weighted by molar-refractivity contribution is 5.85. The van der Waals surface area contributed by atoms with Crippen molar-refractivity contribution in [3.05, 3.63) is 0 Å². The van der Waals surface area contributed by atoms with Crippen LogP contribution in [0.4, 0.5) is 0 Å². The van der Waals surface area contributed by atoms with Crippen LogP contribution >= 0.6 is 0 Å². The molecule has 0 radical (unpaired) electrons. The molecule has 1 aliphatic heterocycles. The average Bonchev–Trinajstić information content (AvgIpc) is 2.43. The number of carbonyl (C=O) groups is 1. The minimum atomic E-state index is -0.00518. The number of rotatable bonds is 4. The van der Waals surface area contributed by atoms with Crippen LogP contribution in [0.5, 0.6) is 0 Å².